The molecule has 0 bridgehead atoms. The van der Waals surface area contributed by atoms with Crippen LogP contribution in [0.4, 0.5) is 8.78 Å². The first-order valence-electron chi connectivity index (χ1n) is 5.49. The van der Waals surface area contributed by atoms with Gasteiger partial charge in [0.05, 0.1) is 0 Å². The van der Waals surface area contributed by atoms with Gasteiger partial charge in [0.25, 0.3) is 0 Å². The van der Waals surface area contributed by atoms with Gasteiger partial charge in [-0.05, 0) is 12.1 Å². The number of aromatic nitrogens is 1. The standard InChI is InChI=1S/C11H7F2NOS.C2H6/c1-6(15)10-5-16-11(14-10)7-2-8(12)4-9(13)3-7;1-2/h2-5H,1H3;1-2H3. The number of carbonyl (C=O) groups excluding carboxylic acids is 1. The van der Waals surface area contributed by atoms with Gasteiger partial charge in [0.15, 0.2) is 5.78 Å². The van der Waals surface area contributed by atoms with Crippen LogP contribution in [0.15, 0.2) is 23.6 Å². The van der Waals surface area contributed by atoms with Crippen molar-refractivity contribution in [2.45, 2.75) is 20.8 Å². The number of benzene rings is 1. The van der Waals surface area contributed by atoms with Crippen LogP contribution in [0.5, 0.6) is 0 Å². The number of thiazole rings is 1. The summed E-state index contributed by atoms with van der Waals surface area (Å²) in [5.74, 6) is -1.48. The van der Waals surface area contributed by atoms with Crippen LogP contribution in [-0.4, -0.2) is 10.8 Å². The van der Waals surface area contributed by atoms with Gasteiger partial charge in [0, 0.05) is 23.9 Å². The van der Waals surface area contributed by atoms with E-state index < -0.39 is 11.6 Å². The maximum absolute atomic E-state index is 12.9. The number of Topliss-reactive ketones (excluding diaryl/α,β-unsaturated/α-hetero) is 1. The van der Waals surface area contributed by atoms with E-state index >= 15 is 0 Å². The van der Waals surface area contributed by atoms with Crippen molar-refractivity contribution in [3.05, 3.63) is 40.9 Å². The van der Waals surface area contributed by atoms with Crippen LogP contribution in [0.3, 0.4) is 0 Å². The van der Waals surface area contributed by atoms with E-state index in [4.69, 9.17) is 0 Å². The molecule has 1 heterocycles. The number of rotatable bonds is 2. The van der Waals surface area contributed by atoms with Crippen molar-refractivity contribution in [2.75, 3.05) is 0 Å². The van der Waals surface area contributed by atoms with Crippen molar-refractivity contribution < 1.29 is 13.6 Å². The van der Waals surface area contributed by atoms with Crippen LogP contribution < -0.4 is 0 Å². The highest BCUT2D eigenvalue weighted by atomic mass is 32.1. The van der Waals surface area contributed by atoms with E-state index in [9.17, 15) is 13.6 Å². The molecule has 5 heteroatoms. The number of hydrogen-bond acceptors (Lipinski definition) is 3. The van der Waals surface area contributed by atoms with Crippen LogP contribution in [0.1, 0.15) is 31.3 Å². The zero-order chi connectivity index (χ0) is 13.7. The molecule has 1 aromatic heterocycles. The van der Waals surface area contributed by atoms with Gasteiger partial charge in [-0.15, -0.1) is 11.3 Å². The van der Waals surface area contributed by atoms with Crippen LogP contribution in [0, 0.1) is 11.6 Å². The summed E-state index contributed by atoms with van der Waals surface area (Å²) < 4.78 is 25.9. The predicted octanol–water partition coefficient (Wildman–Crippen LogP) is 4.32. The molecule has 2 aromatic rings. The monoisotopic (exact) mass is 269 g/mol. The molecule has 0 aliphatic heterocycles. The van der Waals surface area contributed by atoms with Gasteiger partial charge in [-0.3, -0.25) is 4.79 Å². The van der Waals surface area contributed by atoms with E-state index in [1.165, 1.54) is 30.4 Å². The minimum absolute atomic E-state index is 0.167. The summed E-state index contributed by atoms with van der Waals surface area (Å²) in [5, 5.41) is 2.00. The van der Waals surface area contributed by atoms with Crippen molar-refractivity contribution >= 4 is 17.1 Å². The topological polar surface area (TPSA) is 30.0 Å². The molecule has 18 heavy (non-hydrogen) atoms. The average Bonchev–Trinajstić information content (AvgIpc) is 2.79. The fourth-order valence-corrected chi connectivity index (χ4v) is 2.09. The van der Waals surface area contributed by atoms with E-state index in [2.05, 4.69) is 4.98 Å². The summed E-state index contributed by atoms with van der Waals surface area (Å²) in [6.07, 6.45) is 0. The summed E-state index contributed by atoms with van der Waals surface area (Å²) in [6.45, 7) is 5.39. The molecule has 0 spiro atoms. The minimum atomic E-state index is -0.658. The molecule has 96 valence electrons. The molecule has 0 fully saturated rings. The van der Waals surface area contributed by atoms with Gasteiger partial charge < -0.3 is 0 Å². The quantitative estimate of drug-likeness (QED) is 0.760. The average molecular weight is 269 g/mol. The van der Waals surface area contributed by atoms with E-state index in [0.717, 1.165) is 6.07 Å². The lowest BCUT2D eigenvalue weighted by Crippen LogP contribution is -1.91. The molecule has 0 atom stereocenters. The predicted molar refractivity (Wildman–Crippen MR) is 68.8 cm³/mol. The Morgan fingerprint density at radius 2 is 1.72 bits per heavy atom. The second kappa shape index (κ2) is 6.35. The first-order chi connectivity index (χ1) is 8.56. The smallest absolute Gasteiger partial charge is 0.178 e. The lowest BCUT2D eigenvalue weighted by molar-refractivity contribution is 0.101. The normalized spacial score (nSPS) is 9.61. The van der Waals surface area contributed by atoms with E-state index in [0.29, 0.717) is 16.3 Å². The molecule has 2 nitrogen and oxygen atoms in total. The molecule has 0 amide bonds. The van der Waals surface area contributed by atoms with Crippen LogP contribution >= 0.6 is 11.3 Å². The molecule has 0 saturated heterocycles. The van der Waals surface area contributed by atoms with Gasteiger partial charge in [0.2, 0.25) is 0 Å². The molecule has 1 aromatic carbocycles. The van der Waals surface area contributed by atoms with Gasteiger partial charge in [0.1, 0.15) is 22.3 Å². The Hall–Kier alpha value is -1.62. The second-order valence-electron chi connectivity index (χ2n) is 3.25. The Bertz CT molecular complexity index is 531. The van der Waals surface area contributed by atoms with Crippen molar-refractivity contribution in [3.8, 4) is 10.6 Å². The molecule has 0 N–H and O–H groups in total. The Morgan fingerprint density at radius 1 is 1.17 bits per heavy atom. The number of ketones is 1. The largest absolute Gasteiger partial charge is 0.293 e. The molecule has 0 saturated carbocycles. The van der Waals surface area contributed by atoms with Crippen molar-refractivity contribution in [1.82, 2.24) is 4.98 Å². The Kier molecular flexibility index (Phi) is 5.09. The first kappa shape index (κ1) is 14.4. The molecular formula is C13H13F2NOS. The minimum Gasteiger partial charge on any atom is -0.293 e. The van der Waals surface area contributed by atoms with Gasteiger partial charge in [-0.25, -0.2) is 13.8 Å². The summed E-state index contributed by atoms with van der Waals surface area (Å²) >= 11 is 1.18. The lowest BCUT2D eigenvalue weighted by atomic mass is 10.2. The number of hydrogen-bond donors (Lipinski definition) is 0. The lowest BCUT2D eigenvalue weighted by Gasteiger charge is -1.97. The first-order valence-corrected chi connectivity index (χ1v) is 6.37. The van der Waals surface area contributed by atoms with E-state index in [1.807, 2.05) is 13.8 Å². The summed E-state index contributed by atoms with van der Waals surface area (Å²) in [5.41, 5.74) is 0.652. The SMILES string of the molecule is CC.CC(=O)c1csc(-c2cc(F)cc(F)c2)n1. The molecule has 0 aliphatic carbocycles. The van der Waals surface area contributed by atoms with Gasteiger partial charge in [-0.1, -0.05) is 13.8 Å². The Labute approximate surface area is 108 Å². The fourth-order valence-electron chi connectivity index (χ4n) is 1.25. The van der Waals surface area contributed by atoms with Gasteiger partial charge >= 0.3 is 0 Å². The van der Waals surface area contributed by atoms with E-state index in [1.54, 1.807) is 5.38 Å². The third kappa shape index (κ3) is 3.43. The van der Waals surface area contributed by atoms with Crippen LogP contribution in [0.25, 0.3) is 10.6 Å². The van der Waals surface area contributed by atoms with Crippen LogP contribution in [-0.2, 0) is 0 Å². The highest BCUT2D eigenvalue weighted by Gasteiger charge is 2.09. The van der Waals surface area contributed by atoms with Crippen molar-refractivity contribution in [1.29, 1.82) is 0 Å². The number of nitrogens with zero attached hydrogens (tertiary/aromatic N) is 1. The fraction of sp³-hybridized carbons (Fsp3) is 0.231. The number of halogens is 2. The maximum Gasteiger partial charge on any atom is 0.178 e. The van der Waals surface area contributed by atoms with Crippen LogP contribution in [0.2, 0.25) is 0 Å². The Balaban J connectivity index is 0.000000771. The summed E-state index contributed by atoms with van der Waals surface area (Å²) in [6, 6.07) is 3.17. The maximum atomic E-state index is 12.9. The molecule has 0 aliphatic rings. The molecule has 0 radical (unpaired) electrons. The van der Waals surface area contributed by atoms with Crippen molar-refractivity contribution in [2.24, 2.45) is 0 Å². The third-order valence-corrected chi connectivity index (χ3v) is 2.87. The van der Waals surface area contributed by atoms with Gasteiger partial charge in [-0.2, -0.15) is 0 Å². The zero-order valence-corrected chi connectivity index (χ0v) is 11.1. The number of carbonyl (C=O) groups is 1. The second-order valence-corrected chi connectivity index (χ2v) is 4.11. The Morgan fingerprint density at radius 3 is 2.17 bits per heavy atom. The van der Waals surface area contributed by atoms with Crippen molar-refractivity contribution in [3.63, 3.8) is 0 Å². The third-order valence-electron chi connectivity index (χ3n) is 1.97. The molecular weight excluding hydrogens is 256 g/mol. The zero-order valence-electron chi connectivity index (χ0n) is 10.3. The molecule has 0 unspecified atom stereocenters. The summed E-state index contributed by atoms with van der Waals surface area (Å²) in [7, 11) is 0. The highest BCUT2D eigenvalue weighted by Crippen LogP contribution is 2.25. The summed E-state index contributed by atoms with van der Waals surface area (Å²) in [4.78, 5) is 15.0. The van der Waals surface area contributed by atoms with E-state index in [-0.39, 0.29) is 5.78 Å². The highest BCUT2D eigenvalue weighted by molar-refractivity contribution is 7.13. The molecule has 2 rings (SSSR count).